The smallest absolute Gasteiger partial charge is 0.254 e. The topological polar surface area (TPSA) is 29.5 Å². The first-order valence-electron chi connectivity index (χ1n) is 9.30. The van der Waals surface area contributed by atoms with Crippen LogP contribution in [0, 0.1) is 0 Å². The van der Waals surface area contributed by atoms with E-state index in [1.807, 2.05) is 36.1 Å². The summed E-state index contributed by atoms with van der Waals surface area (Å²) < 4.78 is 5.69. The van der Waals surface area contributed by atoms with Crippen molar-refractivity contribution in [3.63, 3.8) is 0 Å². The van der Waals surface area contributed by atoms with Crippen LogP contribution in [0.3, 0.4) is 0 Å². The summed E-state index contributed by atoms with van der Waals surface area (Å²) >= 11 is 0. The second kappa shape index (κ2) is 8.82. The molecule has 1 aliphatic heterocycles. The molecule has 2 aromatic carbocycles. The highest BCUT2D eigenvalue weighted by molar-refractivity contribution is 5.95. The van der Waals surface area contributed by atoms with Crippen molar-refractivity contribution >= 4 is 5.91 Å². The van der Waals surface area contributed by atoms with E-state index in [1.54, 1.807) is 0 Å². The summed E-state index contributed by atoms with van der Waals surface area (Å²) in [5.41, 5.74) is 3.30. The van der Waals surface area contributed by atoms with Crippen molar-refractivity contribution in [3.8, 4) is 0 Å². The molecule has 1 saturated heterocycles. The van der Waals surface area contributed by atoms with Gasteiger partial charge < -0.3 is 9.64 Å². The number of ether oxygens (including phenoxy) is 1. The molecule has 25 heavy (non-hydrogen) atoms. The number of likely N-dealkylation sites (tertiary alicyclic amines) is 1. The first-order chi connectivity index (χ1) is 12.3. The second-order valence-corrected chi connectivity index (χ2v) is 6.59. The van der Waals surface area contributed by atoms with Gasteiger partial charge in [0.15, 0.2) is 0 Å². The third-order valence-corrected chi connectivity index (χ3v) is 4.91. The van der Waals surface area contributed by atoms with Crippen molar-refractivity contribution in [2.75, 3.05) is 19.7 Å². The lowest BCUT2D eigenvalue weighted by molar-refractivity contribution is 0.0145. The van der Waals surface area contributed by atoms with Gasteiger partial charge in [-0.15, -0.1) is 0 Å². The van der Waals surface area contributed by atoms with Gasteiger partial charge in [-0.25, -0.2) is 0 Å². The number of rotatable bonds is 6. The van der Waals surface area contributed by atoms with Crippen molar-refractivity contribution in [3.05, 3.63) is 71.3 Å². The molecule has 3 heteroatoms. The molecule has 1 aliphatic rings. The van der Waals surface area contributed by atoms with Gasteiger partial charge in [0.05, 0.1) is 6.10 Å². The Bertz CT molecular complexity index is 675. The summed E-state index contributed by atoms with van der Waals surface area (Å²) in [7, 11) is 0. The maximum absolute atomic E-state index is 13.0. The van der Waals surface area contributed by atoms with E-state index < -0.39 is 0 Å². The number of nitrogens with zero attached hydrogens (tertiary/aromatic N) is 1. The summed E-state index contributed by atoms with van der Waals surface area (Å²) in [6.07, 6.45) is 4.03. The molecule has 0 aromatic heterocycles. The fraction of sp³-hybridized carbons (Fsp3) is 0.409. The van der Waals surface area contributed by atoms with E-state index >= 15 is 0 Å². The Morgan fingerprint density at radius 1 is 1.00 bits per heavy atom. The zero-order chi connectivity index (χ0) is 17.5. The van der Waals surface area contributed by atoms with E-state index in [2.05, 4.69) is 30.3 Å². The van der Waals surface area contributed by atoms with E-state index in [4.69, 9.17) is 4.74 Å². The molecule has 0 N–H and O–H groups in total. The number of benzene rings is 2. The predicted octanol–water partition coefficient (Wildman–Crippen LogP) is 4.11. The lowest BCUT2D eigenvalue weighted by Gasteiger charge is -2.32. The summed E-state index contributed by atoms with van der Waals surface area (Å²) in [6.45, 7) is 4.36. The van der Waals surface area contributed by atoms with Gasteiger partial charge in [0.1, 0.15) is 0 Å². The van der Waals surface area contributed by atoms with Gasteiger partial charge in [-0.1, -0.05) is 48.5 Å². The molecule has 0 aliphatic carbocycles. The largest absolute Gasteiger partial charge is 0.378 e. The Morgan fingerprint density at radius 2 is 1.68 bits per heavy atom. The minimum absolute atomic E-state index is 0.165. The third kappa shape index (κ3) is 4.70. The monoisotopic (exact) mass is 337 g/mol. The SMILES string of the molecule is CCOC1CCN(C(=O)c2ccccc2CCc2ccccc2)CC1. The summed E-state index contributed by atoms with van der Waals surface area (Å²) in [5.74, 6) is 0.165. The highest BCUT2D eigenvalue weighted by Gasteiger charge is 2.24. The Hall–Kier alpha value is -2.13. The second-order valence-electron chi connectivity index (χ2n) is 6.59. The average Bonchev–Trinajstić information content (AvgIpc) is 2.68. The van der Waals surface area contributed by atoms with Crippen LogP contribution in [-0.4, -0.2) is 36.6 Å². The van der Waals surface area contributed by atoms with Crippen molar-refractivity contribution in [1.82, 2.24) is 4.90 Å². The molecule has 132 valence electrons. The fourth-order valence-electron chi connectivity index (χ4n) is 3.50. The molecule has 1 heterocycles. The molecule has 2 aromatic rings. The average molecular weight is 337 g/mol. The highest BCUT2D eigenvalue weighted by atomic mass is 16.5. The van der Waals surface area contributed by atoms with Crippen LogP contribution >= 0.6 is 0 Å². The molecular formula is C22H27NO2. The van der Waals surface area contributed by atoms with Crippen LogP contribution in [0.4, 0.5) is 0 Å². The number of carbonyl (C=O) groups excluding carboxylic acids is 1. The Morgan fingerprint density at radius 3 is 2.40 bits per heavy atom. The standard InChI is InChI=1S/C22H27NO2/c1-2-25-20-14-16-23(17-15-20)22(24)21-11-7-6-10-19(21)13-12-18-8-4-3-5-9-18/h3-11,20H,2,12-17H2,1H3. The van der Waals surface area contributed by atoms with Crippen LogP contribution < -0.4 is 0 Å². The number of aryl methyl sites for hydroxylation is 2. The van der Waals surface area contributed by atoms with E-state index in [9.17, 15) is 4.79 Å². The number of carbonyl (C=O) groups is 1. The van der Waals surface area contributed by atoms with Crippen LogP contribution in [0.5, 0.6) is 0 Å². The number of hydrogen-bond donors (Lipinski definition) is 0. The van der Waals surface area contributed by atoms with Crippen molar-refractivity contribution in [2.45, 2.75) is 38.7 Å². The maximum atomic E-state index is 13.0. The predicted molar refractivity (Wildman–Crippen MR) is 101 cm³/mol. The van der Waals surface area contributed by atoms with E-state index in [-0.39, 0.29) is 5.91 Å². The summed E-state index contributed by atoms with van der Waals surface area (Å²) in [6, 6.07) is 18.5. The number of piperidine rings is 1. The lowest BCUT2D eigenvalue weighted by atomic mass is 9.98. The van der Waals surface area contributed by atoms with Gasteiger partial charge in [0, 0.05) is 25.3 Å². The van der Waals surface area contributed by atoms with E-state index in [0.717, 1.165) is 56.5 Å². The Labute approximate surface area is 150 Å². The van der Waals surface area contributed by atoms with Crippen LogP contribution in [0.15, 0.2) is 54.6 Å². The number of amides is 1. The molecule has 0 spiro atoms. The molecule has 1 amide bonds. The Balaban J connectivity index is 1.65. The van der Waals surface area contributed by atoms with Gasteiger partial charge in [-0.3, -0.25) is 4.79 Å². The van der Waals surface area contributed by atoms with E-state index in [1.165, 1.54) is 5.56 Å². The van der Waals surface area contributed by atoms with E-state index in [0.29, 0.717) is 6.10 Å². The summed E-state index contributed by atoms with van der Waals surface area (Å²) in [4.78, 5) is 15.0. The minimum atomic E-state index is 0.165. The lowest BCUT2D eigenvalue weighted by Crippen LogP contribution is -2.41. The van der Waals surface area contributed by atoms with Crippen LogP contribution in [-0.2, 0) is 17.6 Å². The van der Waals surface area contributed by atoms with Crippen molar-refractivity contribution in [1.29, 1.82) is 0 Å². The Kier molecular flexibility index (Phi) is 6.24. The van der Waals surface area contributed by atoms with Gasteiger partial charge in [0.2, 0.25) is 0 Å². The van der Waals surface area contributed by atoms with Crippen molar-refractivity contribution in [2.24, 2.45) is 0 Å². The minimum Gasteiger partial charge on any atom is -0.378 e. The van der Waals surface area contributed by atoms with Crippen LogP contribution in [0.25, 0.3) is 0 Å². The fourth-order valence-corrected chi connectivity index (χ4v) is 3.50. The van der Waals surface area contributed by atoms with Gasteiger partial charge >= 0.3 is 0 Å². The molecule has 0 atom stereocenters. The maximum Gasteiger partial charge on any atom is 0.254 e. The molecule has 1 fully saturated rings. The molecule has 3 nitrogen and oxygen atoms in total. The third-order valence-electron chi connectivity index (χ3n) is 4.91. The molecule has 0 saturated carbocycles. The molecule has 3 rings (SSSR count). The molecular weight excluding hydrogens is 310 g/mol. The first kappa shape index (κ1) is 17.7. The zero-order valence-electron chi connectivity index (χ0n) is 15.0. The van der Waals surface area contributed by atoms with Crippen LogP contribution in [0.1, 0.15) is 41.3 Å². The quantitative estimate of drug-likeness (QED) is 0.794. The molecule has 0 bridgehead atoms. The zero-order valence-corrected chi connectivity index (χ0v) is 15.0. The van der Waals surface area contributed by atoms with Crippen LogP contribution in [0.2, 0.25) is 0 Å². The molecule has 0 unspecified atom stereocenters. The van der Waals surface area contributed by atoms with Gasteiger partial charge in [-0.05, 0) is 49.8 Å². The summed E-state index contributed by atoms with van der Waals surface area (Å²) in [5, 5.41) is 0. The van der Waals surface area contributed by atoms with Crippen molar-refractivity contribution < 1.29 is 9.53 Å². The van der Waals surface area contributed by atoms with Gasteiger partial charge in [0.25, 0.3) is 5.91 Å². The normalized spacial score (nSPS) is 15.3. The number of hydrogen-bond acceptors (Lipinski definition) is 2. The molecule has 0 radical (unpaired) electrons. The van der Waals surface area contributed by atoms with Gasteiger partial charge in [-0.2, -0.15) is 0 Å². The highest BCUT2D eigenvalue weighted by Crippen LogP contribution is 2.19. The first-order valence-corrected chi connectivity index (χ1v) is 9.30.